The first-order valence-electron chi connectivity index (χ1n) is 7.75. The number of hydrogen-bond donors (Lipinski definition) is 2. The van der Waals surface area contributed by atoms with E-state index in [2.05, 4.69) is 4.72 Å². The number of carbonyl (C=O) groups excluding carboxylic acids is 1. The summed E-state index contributed by atoms with van der Waals surface area (Å²) in [7, 11) is -0.905. The lowest BCUT2D eigenvalue weighted by molar-refractivity contribution is -0.138. The van der Waals surface area contributed by atoms with Gasteiger partial charge in [0.2, 0.25) is 10.0 Å². The zero-order valence-corrected chi connectivity index (χ0v) is 15.2. The second-order valence-electron chi connectivity index (χ2n) is 6.00. The Kier molecular flexibility index (Phi) is 5.94. The number of aliphatic hydroxyl groups is 1. The van der Waals surface area contributed by atoms with Crippen LogP contribution in [0.25, 0.3) is 0 Å². The van der Waals surface area contributed by atoms with Gasteiger partial charge in [0.05, 0.1) is 10.9 Å². The van der Waals surface area contributed by atoms with Crippen molar-refractivity contribution in [2.45, 2.75) is 24.0 Å². The highest BCUT2D eigenvalue weighted by molar-refractivity contribution is 7.89. The summed E-state index contributed by atoms with van der Waals surface area (Å²) < 4.78 is 27.8. The van der Waals surface area contributed by atoms with E-state index in [-0.39, 0.29) is 4.90 Å². The van der Waals surface area contributed by atoms with Crippen molar-refractivity contribution in [2.24, 2.45) is 0 Å². The van der Waals surface area contributed by atoms with Gasteiger partial charge in [0, 0.05) is 14.1 Å². The van der Waals surface area contributed by atoms with Crippen molar-refractivity contribution < 1.29 is 18.3 Å². The molecule has 0 aliphatic carbocycles. The molecule has 0 saturated heterocycles. The minimum absolute atomic E-state index is 0.0727. The van der Waals surface area contributed by atoms with Crippen LogP contribution in [0.4, 0.5) is 0 Å². The minimum atomic E-state index is -3.91. The molecule has 0 aromatic heterocycles. The van der Waals surface area contributed by atoms with Crippen molar-refractivity contribution in [1.29, 1.82) is 0 Å². The zero-order valence-electron chi connectivity index (χ0n) is 14.4. The maximum atomic E-state index is 12.7. The summed E-state index contributed by atoms with van der Waals surface area (Å²) >= 11 is 0. The van der Waals surface area contributed by atoms with E-state index < -0.39 is 28.1 Å². The molecule has 0 heterocycles. The van der Waals surface area contributed by atoms with Crippen molar-refractivity contribution in [3.8, 4) is 0 Å². The van der Waals surface area contributed by atoms with E-state index in [9.17, 15) is 18.3 Å². The normalized spacial score (nSPS) is 13.9. The van der Waals surface area contributed by atoms with Gasteiger partial charge in [0.25, 0.3) is 5.91 Å². The molecule has 2 atom stereocenters. The van der Waals surface area contributed by atoms with Crippen molar-refractivity contribution in [3.63, 3.8) is 0 Å². The molecule has 25 heavy (non-hydrogen) atoms. The molecule has 0 aliphatic rings. The molecule has 0 saturated carbocycles. The second-order valence-corrected chi connectivity index (χ2v) is 7.71. The molecular formula is C18H22N2O4S. The molecule has 7 heteroatoms. The summed E-state index contributed by atoms with van der Waals surface area (Å²) in [6, 6.07) is 13.8. The van der Waals surface area contributed by atoms with Crippen LogP contribution in [-0.2, 0) is 14.8 Å². The number of nitrogens with zero attached hydrogens (tertiary/aromatic N) is 1. The van der Waals surface area contributed by atoms with E-state index in [1.165, 1.54) is 31.1 Å². The summed E-state index contributed by atoms with van der Waals surface area (Å²) in [4.78, 5) is 13.5. The monoisotopic (exact) mass is 362 g/mol. The van der Waals surface area contributed by atoms with Crippen LogP contribution in [0.3, 0.4) is 0 Å². The lowest BCUT2D eigenvalue weighted by Crippen LogP contribution is -2.44. The Hall–Kier alpha value is -2.22. The number of carbonyl (C=O) groups is 1. The van der Waals surface area contributed by atoms with E-state index in [4.69, 9.17) is 0 Å². The first-order chi connectivity index (χ1) is 11.7. The SMILES string of the molecule is Cc1ccc(S(=O)(=O)N[C@@H](c2ccccc2)[C@@H](O)C(=O)N(C)C)cc1. The molecule has 2 rings (SSSR count). The maximum Gasteiger partial charge on any atom is 0.252 e. The first-order valence-corrected chi connectivity index (χ1v) is 9.24. The first kappa shape index (κ1) is 19.1. The number of rotatable bonds is 6. The van der Waals surface area contributed by atoms with Gasteiger partial charge in [0.15, 0.2) is 6.10 Å². The highest BCUT2D eigenvalue weighted by atomic mass is 32.2. The number of benzene rings is 2. The third-order valence-electron chi connectivity index (χ3n) is 3.78. The summed E-state index contributed by atoms with van der Waals surface area (Å²) in [6.07, 6.45) is -1.54. The third kappa shape index (κ3) is 4.66. The van der Waals surface area contributed by atoms with Crippen LogP contribution in [0.1, 0.15) is 17.2 Å². The second kappa shape index (κ2) is 7.77. The van der Waals surface area contributed by atoms with Crippen LogP contribution in [0.2, 0.25) is 0 Å². The van der Waals surface area contributed by atoms with Gasteiger partial charge in [-0.25, -0.2) is 13.1 Å². The van der Waals surface area contributed by atoms with E-state index >= 15 is 0 Å². The van der Waals surface area contributed by atoms with Crippen molar-refractivity contribution in [2.75, 3.05) is 14.1 Å². The van der Waals surface area contributed by atoms with E-state index in [0.29, 0.717) is 5.56 Å². The van der Waals surface area contributed by atoms with Gasteiger partial charge >= 0.3 is 0 Å². The zero-order chi connectivity index (χ0) is 18.6. The van der Waals surface area contributed by atoms with Crippen molar-refractivity contribution >= 4 is 15.9 Å². The molecule has 2 aromatic carbocycles. The molecular weight excluding hydrogens is 340 g/mol. The van der Waals surface area contributed by atoms with Gasteiger partial charge in [-0.05, 0) is 24.6 Å². The number of sulfonamides is 1. The number of amides is 1. The van der Waals surface area contributed by atoms with Crippen LogP contribution >= 0.6 is 0 Å². The predicted molar refractivity (Wildman–Crippen MR) is 95.4 cm³/mol. The Balaban J connectivity index is 2.39. The molecule has 0 spiro atoms. The lowest BCUT2D eigenvalue weighted by atomic mass is 10.0. The molecule has 0 bridgehead atoms. The quantitative estimate of drug-likeness (QED) is 0.815. The Morgan fingerprint density at radius 1 is 1.04 bits per heavy atom. The number of hydrogen-bond acceptors (Lipinski definition) is 4. The smallest absolute Gasteiger partial charge is 0.252 e. The molecule has 0 radical (unpaired) electrons. The summed E-state index contributed by atoms with van der Waals surface area (Å²) in [5.74, 6) is -0.583. The van der Waals surface area contributed by atoms with E-state index in [1.54, 1.807) is 42.5 Å². The topological polar surface area (TPSA) is 86.7 Å². The Morgan fingerprint density at radius 2 is 1.60 bits per heavy atom. The highest BCUT2D eigenvalue weighted by Gasteiger charge is 2.32. The van der Waals surface area contributed by atoms with Gasteiger partial charge in [-0.2, -0.15) is 0 Å². The average Bonchev–Trinajstić information content (AvgIpc) is 2.59. The molecule has 134 valence electrons. The van der Waals surface area contributed by atoms with Gasteiger partial charge in [-0.1, -0.05) is 48.0 Å². The standard InChI is InChI=1S/C18H22N2O4S/c1-13-9-11-15(12-10-13)25(23,24)19-16(14-7-5-4-6-8-14)17(21)18(22)20(2)3/h4-12,16-17,19,21H,1-3H3/t16-,17+/m0/s1. The Bertz CT molecular complexity index is 818. The number of aliphatic hydroxyl groups excluding tert-OH is 1. The number of likely N-dealkylation sites (N-methyl/N-ethyl adjacent to an activating group) is 1. The number of nitrogens with one attached hydrogen (secondary N) is 1. The van der Waals surface area contributed by atoms with Gasteiger partial charge in [-0.15, -0.1) is 0 Å². The molecule has 0 aliphatic heterocycles. The fraction of sp³-hybridized carbons (Fsp3) is 0.278. The molecule has 2 N–H and O–H groups in total. The minimum Gasteiger partial charge on any atom is -0.381 e. The largest absolute Gasteiger partial charge is 0.381 e. The average molecular weight is 362 g/mol. The van der Waals surface area contributed by atoms with Gasteiger partial charge < -0.3 is 10.0 Å². The Labute approximate surface area is 148 Å². The van der Waals surface area contributed by atoms with Crippen LogP contribution in [0, 0.1) is 6.92 Å². The summed E-state index contributed by atoms with van der Waals surface area (Å²) in [5.41, 5.74) is 1.43. The van der Waals surface area contributed by atoms with Crippen LogP contribution in [0.5, 0.6) is 0 Å². The molecule has 0 unspecified atom stereocenters. The van der Waals surface area contributed by atoms with E-state index in [1.807, 2.05) is 6.92 Å². The van der Waals surface area contributed by atoms with Gasteiger partial charge in [-0.3, -0.25) is 4.79 Å². The fourth-order valence-corrected chi connectivity index (χ4v) is 3.56. The number of aryl methyl sites for hydroxylation is 1. The fourth-order valence-electron chi connectivity index (χ4n) is 2.33. The maximum absolute atomic E-state index is 12.7. The highest BCUT2D eigenvalue weighted by Crippen LogP contribution is 2.22. The summed E-state index contributed by atoms with van der Waals surface area (Å²) in [5, 5.41) is 10.4. The molecule has 2 aromatic rings. The summed E-state index contributed by atoms with van der Waals surface area (Å²) in [6.45, 7) is 1.86. The predicted octanol–water partition coefficient (Wildman–Crippen LogP) is 1.46. The molecule has 6 nitrogen and oxygen atoms in total. The van der Waals surface area contributed by atoms with Gasteiger partial charge in [0.1, 0.15) is 0 Å². The third-order valence-corrected chi connectivity index (χ3v) is 5.24. The molecule has 0 fully saturated rings. The van der Waals surface area contributed by atoms with E-state index in [0.717, 1.165) is 5.56 Å². The Morgan fingerprint density at radius 3 is 2.12 bits per heavy atom. The lowest BCUT2D eigenvalue weighted by Gasteiger charge is -2.26. The van der Waals surface area contributed by atoms with Crippen LogP contribution in [-0.4, -0.2) is 44.5 Å². The van der Waals surface area contributed by atoms with Crippen molar-refractivity contribution in [1.82, 2.24) is 9.62 Å². The van der Waals surface area contributed by atoms with Crippen molar-refractivity contribution in [3.05, 3.63) is 65.7 Å². The van der Waals surface area contributed by atoms with Crippen LogP contribution < -0.4 is 4.72 Å². The van der Waals surface area contributed by atoms with Crippen LogP contribution in [0.15, 0.2) is 59.5 Å². The molecule has 1 amide bonds.